The van der Waals surface area contributed by atoms with Crippen molar-refractivity contribution in [3.63, 3.8) is 0 Å². The maximum Gasteiger partial charge on any atom is 0.0469 e. The Bertz CT molecular complexity index is 174. The molecule has 0 unspecified atom stereocenters. The number of nitrogens with zero attached hydrogens (tertiary/aromatic N) is 1. The molecule has 2 fully saturated rings. The van der Waals surface area contributed by atoms with Gasteiger partial charge in [0.05, 0.1) is 0 Å². The minimum Gasteiger partial charge on any atom is -0.381 e. The lowest BCUT2D eigenvalue weighted by molar-refractivity contribution is 0.0404. The fourth-order valence-corrected chi connectivity index (χ4v) is 2.48. The van der Waals surface area contributed by atoms with E-state index in [0.29, 0.717) is 6.04 Å². The summed E-state index contributed by atoms with van der Waals surface area (Å²) in [6, 6.07) is 1.23. The van der Waals surface area contributed by atoms with E-state index >= 15 is 0 Å². The molecule has 82 valence electrons. The third-order valence-corrected chi connectivity index (χ3v) is 3.66. The normalized spacial score (nSPS) is 34.5. The van der Waals surface area contributed by atoms with Gasteiger partial charge in [-0.05, 0) is 38.6 Å². The van der Waals surface area contributed by atoms with E-state index in [1.165, 1.54) is 32.2 Å². The van der Waals surface area contributed by atoms with Crippen LogP contribution in [0.25, 0.3) is 0 Å². The molecule has 0 aromatic heterocycles. The number of nitrogens with two attached hydrogens (primary N) is 1. The van der Waals surface area contributed by atoms with Crippen LogP contribution in [-0.4, -0.2) is 43.8 Å². The topological polar surface area (TPSA) is 38.5 Å². The second kappa shape index (κ2) is 4.60. The van der Waals surface area contributed by atoms with E-state index < -0.39 is 0 Å². The van der Waals surface area contributed by atoms with Crippen LogP contribution in [0.5, 0.6) is 0 Å². The molecular formula is C11H22N2O. The van der Waals surface area contributed by atoms with E-state index in [4.69, 9.17) is 10.5 Å². The van der Waals surface area contributed by atoms with Gasteiger partial charge in [-0.15, -0.1) is 0 Å². The summed E-state index contributed by atoms with van der Waals surface area (Å²) in [6.45, 7) is 3.16. The molecular weight excluding hydrogens is 176 g/mol. The summed E-state index contributed by atoms with van der Waals surface area (Å²) in [4.78, 5) is 2.50. The highest BCUT2D eigenvalue weighted by atomic mass is 16.5. The Hall–Kier alpha value is -0.120. The first-order valence-electron chi connectivity index (χ1n) is 5.79. The van der Waals surface area contributed by atoms with Gasteiger partial charge in [-0.25, -0.2) is 0 Å². The summed E-state index contributed by atoms with van der Waals surface area (Å²) in [7, 11) is 2.24. The Morgan fingerprint density at radius 1 is 1.29 bits per heavy atom. The molecule has 2 aliphatic rings. The first-order valence-corrected chi connectivity index (χ1v) is 5.79. The number of hydrogen-bond donors (Lipinski definition) is 1. The fraction of sp³-hybridized carbons (Fsp3) is 1.00. The third-order valence-electron chi connectivity index (χ3n) is 3.66. The van der Waals surface area contributed by atoms with Gasteiger partial charge in [0, 0.05) is 31.8 Å². The van der Waals surface area contributed by atoms with Gasteiger partial charge in [0.1, 0.15) is 0 Å². The third kappa shape index (κ3) is 2.47. The van der Waals surface area contributed by atoms with Crippen molar-refractivity contribution >= 4 is 0 Å². The highest BCUT2D eigenvalue weighted by Gasteiger charge is 2.30. The average molecular weight is 198 g/mol. The second-order valence-corrected chi connectivity index (χ2v) is 4.88. The molecule has 0 radical (unpaired) electrons. The monoisotopic (exact) mass is 198 g/mol. The molecule has 0 amide bonds. The Kier molecular flexibility index (Phi) is 3.42. The van der Waals surface area contributed by atoms with Crippen molar-refractivity contribution in [2.75, 3.05) is 26.8 Å². The lowest BCUT2D eigenvalue weighted by atomic mass is 9.85. The van der Waals surface area contributed by atoms with Crippen molar-refractivity contribution in [1.29, 1.82) is 0 Å². The summed E-state index contributed by atoms with van der Waals surface area (Å²) in [6.07, 6.45) is 4.87. The summed E-state index contributed by atoms with van der Waals surface area (Å²) in [5, 5.41) is 0. The molecule has 0 aromatic carbocycles. The van der Waals surface area contributed by atoms with Gasteiger partial charge in [-0.3, -0.25) is 0 Å². The van der Waals surface area contributed by atoms with E-state index in [0.717, 1.165) is 25.2 Å². The zero-order valence-corrected chi connectivity index (χ0v) is 9.11. The molecule has 14 heavy (non-hydrogen) atoms. The summed E-state index contributed by atoms with van der Waals surface area (Å²) in [5.74, 6) is 0.852. The largest absolute Gasteiger partial charge is 0.381 e. The highest BCUT2D eigenvalue weighted by Crippen LogP contribution is 2.25. The minimum atomic E-state index is 0.470. The molecule has 2 rings (SSSR count). The summed E-state index contributed by atoms with van der Waals surface area (Å²) >= 11 is 0. The van der Waals surface area contributed by atoms with Gasteiger partial charge in [0.15, 0.2) is 0 Å². The van der Waals surface area contributed by atoms with Crippen molar-refractivity contribution in [2.45, 2.75) is 37.8 Å². The molecule has 3 nitrogen and oxygen atoms in total. The van der Waals surface area contributed by atoms with Crippen LogP contribution in [0.2, 0.25) is 0 Å². The molecule has 1 saturated carbocycles. The maximum atomic E-state index is 5.79. The summed E-state index contributed by atoms with van der Waals surface area (Å²) in [5.41, 5.74) is 5.79. The van der Waals surface area contributed by atoms with Gasteiger partial charge < -0.3 is 15.4 Å². The van der Waals surface area contributed by atoms with Gasteiger partial charge in [-0.1, -0.05) is 0 Å². The van der Waals surface area contributed by atoms with E-state index in [9.17, 15) is 0 Å². The molecule has 3 heteroatoms. The molecule has 0 spiro atoms. The van der Waals surface area contributed by atoms with E-state index in [1.807, 2.05) is 0 Å². The Balaban J connectivity index is 1.68. The molecule has 1 saturated heterocycles. The standard InChI is InChI=1S/C11H22N2O/c1-13(11-6-10(12)7-11)8-9-2-4-14-5-3-9/h9-11H,2-8,12H2,1H3. The fourth-order valence-electron chi connectivity index (χ4n) is 2.48. The quantitative estimate of drug-likeness (QED) is 0.730. The smallest absolute Gasteiger partial charge is 0.0469 e. The van der Waals surface area contributed by atoms with E-state index in [-0.39, 0.29) is 0 Å². The van der Waals surface area contributed by atoms with Gasteiger partial charge >= 0.3 is 0 Å². The van der Waals surface area contributed by atoms with Crippen molar-refractivity contribution < 1.29 is 4.74 Å². The molecule has 0 atom stereocenters. The number of ether oxygens (including phenoxy) is 1. The minimum absolute atomic E-state index is 0.470. The Labute approximate surface area is 86.6 Å². The molecule has 0 bridgehead atoms. The van der Waals surface area contributed by atoms with Crippen LogP contribution in [0.1, 0.15) is 25.7 Å². The number of hydrogen-bond acceptors (Lipinski definition) is 3. The van der Waals surface area contributed by atoms with Gasteiger partial charge in [-0.2, -0.15) is 0 Å². The Morgan fingerprint density at radius 2 is 1.93 bits per heavy atom. The molecule has 0 aromatic rings. The second-order valence-electron chi connectivity index (χ2n) is 4.88. The van der Waals surface area contributed by atoms with Crippen molar-refractivity contribution in [3.8, 4) is 0 Å². The molecule has 1 heterocycles. The predicted molar refractivity (Wildman–Crippen MR) is 57.2 cm³/mol. The highest BCUT2D eigenvalue weighted by molar-refractivity contribution is 4.89. The van der Waals surface area contributed by atoms with Crippen LogP contribution in [0.15, 0.2) is 0 Å². The lowest BCUT2D eigenvalue weighted by Crippen LogP contribution is -2.50. The lowest BCUT2D eigenvalue weighted by Gasteiger charge is -2.41. The predicted octanol–water partition coefficient (Wildman–Crippen LogP) is 0.835. The van der Waals surface area contributed by atoms with Gasteiger partial charge in [0.2, 0.25) is 0 Å². The SMILES string of the molecule is CN(CC1CCOCC1)C1CC(N)C1. The molecule has 1 aliphatic carbocycles. The first kappa shape index (κ1) is 10.4. The van der Waals surface area contributed by atoms with Crippen LogP contribution in [0, 0.1) is 5.92 Å². The van der Waals surface area contributed by atoms with E-state index in [1.54, 1.807) is 0 Å². The maximum absolute atomic E-state index is 5.79. The van der Waals surface area contributed by atoms with Crippen LogP contribution in [-0.2, 0) is 4.74 Å². The van der Waals surface area contributed by atoms with Crippen LogP contribution in [0.3, 0.4) is 0 Å². The van der Waals surface area contributed by atoms with Crippen LogP contribution in [0.4, 0.5) is 0 Å². The molecule has 2 N–H and O–H groups in total. The molecule has 1 aliphatic heterocycles. The van der Waals surface area contributed by atoms with E-state index in [2.05, 4.69) is 11.9 Å². The first-order chi connectivity index (χ1) is 6.75. The van der Waals surface area contributed by atoms with Gasteiger partial charge in [0.25, 0.3) is 0 Å². The van der Waals surface area contributed by atoms with Crippen LogP contribution < -0.4 is 5.73 Å². The van der Waals surface area contributed by atoms with Crippen molar-refractivity contribution in [2.24, 2.45) is 11.7 Å². The Morgan fingerprint density at radius 3 is 2.50 bits per heavy atom. The summed E-state index contributed by atoms with van der Waals surface area (Å²) < 4.78 is 5.36. The average Bonchev–Trinajstić information content (AvgIpc) is 2.14. The zero-order valence-electron chi connectivity index (χ0n) is 9.11. The van der Waals surface area contributed by atoms with Crippen LogP contribution >= 0.6 is 0 Å². The van der Waals surface area contributed by atoms with Crippen molar-refractivity contribution in [1.82, 2.24) is 4.90 Å². The zero-order chi connectivity index (χ0) is 9.97. The van der Waals surface area contributed by atoms with Crippen molar-refractivity contribution in [3.05, 3.63) is 0 Å². The number of rotatable bonds is 3.